The Kier molecular flexibility index (Phi) is 12.2. The van der Waals surface area contributed by atoms with Gasteiger partial charge in [-0.05, 0) is 100 Å². The number of hydrogen-bond donors (Lipinski definition) is 2. The lowest BCUT2D eigenvalue weighted by Gasteiger charge is -2.34. The van der Waals surface area contributed by atoms with Crippen LogP contribution in [0.5, 0.6) is 0 Å². The average Bonchev–Trinajstić information content (AvgIpc) is 3.55. The van der Waals surface area contributed by atoms with E-state index >= 15 is 0 Å². The van der Waals surface area contributed by atoms with Crippen LogP contribution in [-0.2, 0) is 4.74 Å². The Morgan fingerprint density at radius 1 is 0.902 bits per heavy atom. The molecule has 0 aromatic heterocycles. The summed E-state index contributed by atoms with van der Waals surface area (Å²) in [6.45, 7) is 9.76. The molecule has 0 radical (unpaired) electrons. The molecule has 1 heterocycles. The van der Waals surface area contributed by atoms with Crippen LogP contribution in [0.2, 0.25) is 0 Å². The molecule has 2 aromatic carbocycles. The number of carbonyl (C=O) groups excluding carboxylic acids is 1. The van der Waals surface area contributed by atoms with Gasteiger partial charge >= 0.3 is 6.09 Å². The van der Waals surface area contributed by atoms with Crippen molar-refractivity contribution >= 4 is 6.09 Å². The second kappa shape index (κ2) is 15.1. The van der Waals surface area contributed by atoms with Crippen molar-refractivity contribution < 1.29 is 28.5 Å². The first kappa shape index (κ1) is 33.0. The van der Waals surface area contributed by atoms with E-state index in [1.807, 2.05) is 26.8 Å². The normalized spacial score (nSPS) is 24.0. The first-order valence-electron chi connectivity index (χ1n) is 15.3. The van der Waals surface area contributed by atoms with Crippen LogP contribution in [-0.4, -0.2) is 38.9 Å². The highest BCUT2D eigenvalue weighted by Crippen LogP contribution is 2.41. The summed E-state index contributed by atoms with van der Waals surface area (Å²) in [6.07, 6.45) is 7.35. The van der Waals surface area contributed by atoms with E-state index in [1.165, 1.54) is 43.5 Å². The highest BCUT2D eigenvalue weighted by atomic mass is 19.1. The maximum absolute atomic E-state index is 13.5. The molecule has 0 bridgehead atoms. The highest BCUT2D eigenvalue weighted by Gasteiger charge is 2.42. The lowest BCUT2D eigenvalue weighted by Crippen LogP contribution is -2.46. The lowest BCUT2D eigenvalue weighted by atomic mass is 9.92. The molecule has 0 spiro atoms. The molecule has 1 amide bonds. The van der Waals surface area contributed by atoms with Crippen LogP contribution in [0.3, 0.4) is 0 Å². The third kappa shape index (κ3) is 9.50. The predicted molar refractivity (Wildman–Crippen MR) is 158 cm³/mol. The predicted octanol–water partition coefficient (Wildman–Crippen LogP) is 8.50. The summed E-state index contributed by atoms with van der Waals surface area (Å²) in [4.78, 5) is 14.3. The summed E-state index contributed by atoms with van der Waals surface area (Å²) in [5.74, 6) is 0.421. The Morgan fingerprint density at radius 3 is 2.02 bits per heavy atom. The van der Waals surface area contributed by atoms with Crippen molar-refractivity contribution in [1.82, 2.24) is 4.90 Å². The Bertz CT molecular complexity index is 1100. The second-order valence-corrected chi connectivity index (χ2v) is 12.7. The highest BCUT2D eigenvalue weighted by molar-refractivity contribution is 5.69. The standard InChI is InChI=1S/C19H28FNO3.C15H21FO/c1-5-7-15-10-11-16(21(15)18(23)24-19(2,3)4)17(22)13-8-6-9-14(20)12-13;1-2-4-11-7-8-13(9-11)15(17)12-5-3-6-14(16)10-12/h6,8-9,12,15-17,22H,5,7,10-11H2,1-4H3;3,5-6,10-11,13,15,17H,2,4,7-9H2,1H3/t15-,16+,17+;11-,13-,15+/m00/s1. The number of aliphatic hydroxyl groups excluding tert-OH is 2. The molecule has 1 aliphatic carbocycles. The summed E-state index contributed by atoms with van der Waals surface area (Å²) in [5.41, 5.74) is 0.628. The Morgan fingerprint density at radius 2 is 1.49 bits per heavy atom. The van der Waals surface area contributed by atoms with E-state index in [-0.39, 0.29) is 11.9 Å². The monoisotopic (exact) mass is 573 g/mol. The van der Waals surface area contributed by atoms with E-state index in [2.05, 4.69) is 13.8 Å². The number of amides is 1. The van der Waals surface area contributed by atoms with Crippen molar-refractivity contribution in [3.8, 4) is 0 Å². The largest absolute Gasteiger partial charge is 0.444 e. The molecule has 228 valence electrons. The molecule has 2 fully saturated rings. The summed E-state index contributed by atoms with van der Waals surface area (Å²) in [7, 11) is 0. The van der Waals surface area contributed by atoms with E-state index in [0.717, 1.165) is 43.6 Å². The van der Waals surface area contributed by atoms with Gasteiger partial charge in [0, 0.05) is 6.04 Å². The van der Waals surface area contributed by atoms with Crippen molar-refractivity contribution in [2.24, 2.45) is 11.8 Å². The molecule has 2 aliphatic rings. The fourth-order valence-electron chi connectivity index (χ4n) is 6.38. The maximum atomic E-state index is 13.5. The molecule has 0 unspecified atom stereocenters. The molecule has 5 nitrogen and oxygen atoms in total. The van der Waals surface area contributed by atoms with Gasteiger partial charge in [-0.3, -0.25) is 4.90 Å². The van der Waals surface area contributed by atoms with Gasteiger partial charge in [0.1, 0.15) is 17.2 Å². The number of ether oxygens (including phenoxy) is 1. The topological polar surface area (TPSA) is 70.0 Å². The number of benzene rings is 2. The second-order valence-electron chi connectivity index (χ2n) is 12.7. The molecule has 1 saturated heterocycles. The van der Waals surface area contributed by atoms with Crippen LogP contribution in [0.1, 0.15) is 116 Å². The van der Waals surface area contributed by atoms with Gasteiger partial charge in [-0.1, -0.05) is 63.8 Å². The van der Waals surface area contributed by atoms with Crippen LogP contribution in [0, 0.1) is 23.5 Å². The molecule has 2 N–H and O–H groups in total. The van der Waals surface area contributed by atoms with Gasteiger partial charge in [-0.2, -0.15) is 0 Å². The molecule has 7 heteroatoms. The fourth-order valence-corrected chi connectivity index (χ4v) is 6.38. The van der Waals surface area contributed by atoms with E-state index in [4.69, 9.17) is 4.74 Å². The first-order valence-corrected chi connectivity index (χ1v) is 15.3. The number of hydrogen-bond acceptors (Lipinski definition) is 4. The summed E-state index contributed by atoms with van der Waals surface area (Å²) in [6, 6.07) is 12.0. The van der Waals surface area contributed by atoms with E-state index in [1.54, 1.807) is 23.1 Å². The molecular weight excluding hydrogens is 524 g/mol. The molecule has 1 aliphatic heterocycles. The number of rotatable bonds is 8. The van der Waals surface area contributed by atoms with Crippen LogP contribution in [0.4, 0.5) is 13.6 Å². The zero-order valence-corrected chi connectivity index (χ0v) is 25.4. The zero-order valence-electron chi connectivity index (χ0n) is 25.4. The molecule has 2 aromatic rings. The summed E-state index contributed by atoms with van der Waals surface area (Å²) < 4.78 is 32.1. The SMILES string of the molecule is CCC[C@H]1CC[C@H]([C@H](O)c2cccc(F)c2)C1.CCC[C@H]1CC[C@H]([C@H](O)c2cccc(F)c2)N1C(=O)OC(C)(C)C. The Hall–Kier alpha value is -2.51. The third-order valence-corrected chi connectivity index (χ3v) is 8.24. The van der Waals surface area contributed by atoms with Crippen molar-refractivity contribution in [3.63, 3.8) is 0 Å². The van der Waals surface area contributed by atoms with Crippen molar-refractivity contribution in [1.29, 1.82) is 0 Å². The number of nitrogens with zero attached hydrogens (tertiary/aromatic N) is 1. The first-order chi connectivity index (χ1) is 19.4. The van der Waals surface area contributed by atoms with Gasteiger partial charge in [0.05, 0.1) is 18.2 Å². The third-order valence-electron chi connectivity index (χ3n) is 8.24. The Labute approximate surface area is 244 Å². The molecule has 6 atom stereocenters. The minimum atomic E-state index is -0.921. The van der Waals surface area contributed by atoms with Gasteiger partial charge < -0.3 is 14.9 Å². The van der Waals surface area contributed by atoms with Gasteiger partial charge in [0.25, 0.3) is 0 Å². The smallest absolute Gasteiger partial charge is 0.410 e. The van der Waals surface area contributed by atoms with Crippen molar-refractivity contribution in [2.75, 3.05) is 0 Å². The van der Waals surface area contributed by atoms with Gasteiger partial charge in [0.15, 0.2) is 0 Å². The number of carbonyl (C=O) groups is 1. The number of aliphatic hydroxyl groups is 2. The molecule has 41 heavy (non-hydrogen) atoms. The number of likely N-dealkylation sites (tertiary alicyclic amines) is 1. The van der Waals surface area contributed by atoms with E-state index in [0.29, 0.717) is 17.9 Å². The molecule has 4 rings (SSSR count). The van der Waals surface area contributed by atoms with Crippen molar-refractivity contribution in [3.05, 3.63) is 71.3 Å². The van der Waals surface area contributed by atoms with Crippen LogP contribution < -0.4 is 0 Å². The molecule has 1 saturated carbocycles. The van der Waals surface area contributed by atoms with Crippen LogP contribution >= 0.6 is 0 Å². The van der Waals surface area contributed by atoms with E-state index < -0.39 is 35.8 Å². The molecular formula is C34H49F2NO4. The Balaban J connectivity index is 0.000000239. The fraction of sp³-hybridized carbons (Fsp3) is 0.618. The lowest BCUT2D eigenvalue weighted by molar-refractivity contribution is -0.00542. The quantitative estimate of drug-likeness (QED) is 0.332. The minimum Gasteiger partial charge on any atom is -0.444 e. The van der Waals surface area contributed by atoms with Crippen LogP contribution in [0.25, 0.3) is 0 Å². The number of halogens is 2. The average molecular weight is 574 g/mol. The van der Waals surface area contributed by atoms with Gasteiger partial charge in [0.2, 0.25) is 0 Å². The van der Waals surface area contributed by atoms with E-state index in [9.17, 15) is 23.8 Å². The summed E-state index contributed by atoms with van der Waals surface area (Å²) >= 11 is 0. The van der Waals surface area contributed by atoms with Gasteiger partial charge in [-0.15, -0.1) is 0 Å². The zero-order chi connectivity index (χ0) is 30.2. The van der Waals surface area contributed by atoms with Gasteiger partial charge in [-0.25, -0.2) is 13.6 Å². The van der Waals surface area contributed by atoms with Crippen molar-refractivity contribution in [2.45, 2.75) is 122 Å². The van der Waals surface area contributed by atoms with Crippen LogP contribution in [0.15, 0.2) is 48.5 Å². The maximum Gasteiger partial charge on any atom is 0.410 e. The summed E-state index contributed by atoms with van der Waals surface area (Å²) in [5, 5.41) is 21.0. The minimum absolute atomic E-state index is 0.0538.